The molecule has 1 aliphatic rings. The van der Waals surface area contributed by atoms with Crippen molar-refractivity contribution >= 4 is 57.4 Å². The van der Waals surface area contributed by atoms with E-state index in [4.69, 9.17) is 11.6 Å². The van der Waals surface area contributed by atoms with Crippen molar-refractivity contribution in [2.24, 2.45) is 0 Å². The summed E-state index contributed by atoms with van der Waals surface area (Å²) >= 11 is 8.45. The number of alkyl halides is 3. The SMILES string of the molecule is O=C(Nc1ccc(N2CCN(C(=O)C(F)(F)F)CC2)c(Cl)c1)c1cccc(I)c1. The summed E-state index contributed by atoms with van der Waals surface area (Å²) in [7, 11) is 0. The van der Waals surface area contributed by atoms with Crippen LogP contribution >= 0.6 is 34.2 Å². The Morgan fingerprint density at radius 1 is 1.03 bits per heavy atom. The highest BCUT2D eigenvalue weighted by Gasteiger charge is 2.43. The van der Waals surface area contributed by atoms with E-state index in [1.54, 1.807) is 36.4 Å². The molecule has 2 aromatic carbocycles. The molecule has 0 aliphatic carbocycles. The van der Waals surface area contributed by atoms with E-state index in [0.29, 0.717) is 22.0 Å². The number of nitrogens with one attached hydrogen (secondary N) is 1. The van der Waals surface area contributed by atoms with E-state index in [1.807, 2.05) is 11.0 Å². The predicted molar refractivity (Wildman–Crippen MR) is 113 cm³/mol. The molecule has 0 atom stereocenters. The van der Waals surface area contributed by atoms with Crippen LogP contribution in [0.4, 0.5) is 24.5 Å². The van der Waals surface area contributed by atoms with Gasteiger partial charge in [-0.2, -0.15) is 13.2 Å². The lowest BCUT2D eigenvalue weighted by atomic mass is 10.2. The highest BCUT2D eigenvalue weighted by molar-refractivity contribution is 14.1. The number of carbonyl (C=O) groups excluding carboxylic acids is 2. The van der Waals surface area contributed by atoms with Crippen molar-refractivity contribution in [1.29, 1.82) is 0 Å². The van der Waals surface area contributed by atoms with Crippen molar-refractivity contribution in [3.05, 3.63) is 56.6 Å². The zero-order chi connectivity index (χ0) is 21.2. The Kier molecular flexibility index (Phi) is 6.57. The molecule has 1 fully saturated rings. The number of halogens is 5. The zero-order valence-electron chi connectivity index (χ0n) is 15.0. The molecule has 1 heterocycles. The number of benzene rings is 2. The normalized spacial score (nSPS) is 14.7. The number of hydrogen-bond acceptors (Lipinski definition) is 3. The minimum Gasteiger partial charge on any atom is -0.367 e. The van der Waals surface area contributed by atoms with E-state index >= 15 is 0 Å². The Labute approximate surface area is 183 Å². The van der Waals surface area contributed by atoms with Gasteiger partial charge >= 0.3 is 12.1 Å². The summed E-state index contributed by atoms with van der Waals surface area (Å²) in [5, 5.41) is 3.13. The summed E-state index contributed by atoms with van der Waals surface area (Å²) in [4.78, 5) is 26.3. The summed E-state index contributed by atoms with van der Waals surface area (Å²) in [6, 6.07) is 12.1. The first-order chi connectivity index (χ1) is 13.6. The highest BCUT2D eigenvalue weighted by Crippen LogP contribution is 2.30. The molecule has 2 amide bonds. The van der Waals surface area contributed by atoms with Gasteiger partial charge in [-0.1, -0.05) is 17.7 Å². The largest absolute Gasteiger partial charge is 0.471 e. The van der Waals surface area contributed by atoms with Crippen LogP contribution < -0.4 is 10.2 Å². The van der Waals surface area contributed by atoms with Crippen LogP contribution in [-0.4, -0.2) is 49.1 Å². The third-order valence-electron chi connectivity index (χ3n) is 4.44. The fourth-order valence-corrected chi connectivity index (χ4v) is 3.85. The molecule has 2 aromatic rings. The number of nitrogens with zero attached hydrogens (tertiary/aromatic N) is 2. The Morgan fingerprint density at radius 2 is 1.72 bits per heavy atom. The second kappa shape index (κ2) is 8.78. The van der Waals surface area contributed by atoms with Crippen LogP contribution in [-0.2, 0) is 4.79 Å². The molecule has 0 spiro atoms. The van der Waals surface area contributed by atoms with Crippen molar-refractivity contribution in [3.63, 3.8) is 0 Å². The molecule has 10 heteroatoms. The number of amides is 2. The van der Waals surface area contributed by atoms with Gasteiger partial charge in [0.1, 0.15) is 0 Å². The number of carbonyl (C=O) groups is 2. The van der Waals surface area contributed by atoms with E-state index < -0.39 is 12.1 Å². The Bertz CT molecular complexity index is 931. The van der Waals surface area contributed by atoms with Gasteiger partial charge in [-0.3, -0.25) is 9.59 Å². The maximum atomic E-state index is 12.6. The minimum atomic E-state index is -4.86. The van der Waals surface area contributed by atoms with E-state index in [-0.39, 0.29) is 32.1 Å². The van der Waals surface area contributed by atoms with Crippen LogP contribution in [0.25, 0.3) is 0 Å². The second-order valence-electron chi connectivity index (χ2n) is 6.41. The van der Waals surface area contributed by atoms with Crippen molar-refractivity contribution in [3.8, 4) is 0 Å². The summed E-state index contributed by atoms with van der Waals surface area (Å²) in [6.45, 7) is 0.380. The Morgan fingerprint density at radius 3 is 2.31 bits per heavy atom. The molecule has 0 unspecified atom stereocenters. The van der Waals surface area contributed by atoms with Crippen molar-refractivity contribution < 1.29 is 22.8 Å². The molecular formula is C19H16ClF3IN3O2. The molecule has 0 bridgehead atoms. The van der Waals surface area contributed by atoms with E-state index in [0.717, 1.165) is 8.47 Å². The third kappa shape index (κ3) is 5.33. The molecule has 29 heavy (non-hydrogen) atoms. The third-order valence-corrected chi connectivity index (χ3v) is 5.42. The summed E-state index contributed by atoms with van der Waals surface area (Å²) in [5.74, 6) is -2.09. The summed E-state index contributed by atoms with van der Waals surface area (Å²) < 4.78 is 38.6. The van der Waals surface area contributed by atoms with E-state index in [9.17, 15) is 22.8 Å². The lowest BCUT2D eigenvalue weighted by molar-refractivity contribution is -0.185. The molecular weight excluding hydrogens is 522 g/mol. The van der Waals surface area contributed by atoms with Crippen LogP contribution in [0.5, 0.6) is 0 Å². The first-order valence-corrected chi connectivity index (χ1v) is 10.1. The first kappa shape index (κ1) is 21.7. The molecule has 3 rings (SSSR count). The number of hydrogen-bond donors (Lipinski definition) is 1. The van der Waals surface area contributed by atoms with Crippen molar-refractivity contribution in [2.45, 2.75) is 6.18 Å². The number of rotatable bonds is 3. The molecule has 1 saturated heterocycles. The Balaban J connectivity index is 1.64. The molecule has 5 nitrogen and oxygen atoms in total. The van der Waals surface area contributed by atoms with Gasteiger partial charge in [0.25, 0.3) is 5.91 Å². The summed E-state index contributed by atoms with van der Waals surface area (Å²) in [5.41, 5.74) is 1.66. The van der Waals surface area contributed by atoms with Crippen LogP contribution in [0.3, 0.4) is 0 Å². The highest BCUT2D eigenvalue weighted by atomic mass is 127. The molecule has 0 saturated carbocycles. The smallest absolute Gasteiger partial charge is 0.367 e. The van der Waals surface area contributed by atoms with Crippen molar-refractivity contribution in [2.75, 3.05) is 36.4 Å². The maximum absolute atomic E-state index is 12.6. The lowest BCUT2D eigenvalue weighted by Gasteiger charge is -2.36. The van der Waals surface area contributed by atoms with Gasteiger partial charge in [-0.05, 0) is 59.0 Å². The molecule has 1 aliphatic heterocycles. The van der Waals surface area contributed by atoms with Gasteiger partial charge in [0.15, 0.2) is 0 Å². The van der Waals surface area contributed by atoms with E-state index in [1.165, 1.54) is 0 Å². The fourth-order valence-electron chi connectivity index (χ4n) is 3.00. The average molecular weight is 538 g/mol. The standard InChI is InChI=1S/C19H16ClF3IN3O2/c20-15-11-14(25-17(28)12-2-1-3-13(24)10-12)4-5-16(15)26-6-8-27(9-7-26)18(29)19(21,22)23/h1-5,10-11H,6-9H2,(H,25,28). The monoisotopic (exact) mass is 537 g/mol. The molecule has 0 radical (unpaired) electrons. The van der Waals surface area contributed by atoms with Crippen LogP contribution in [0.15, 0.2) is 42.5 Å². The molecule has 0 aromatic heterocycles. The van der Waals surface area contributed by atoms with Crippen LogP contribution in [0.2, 0.25) is 5.02 Å². The predicted octanol–water partition coefficient (Wildman–Crippen LogP) is 4.41. The number of anilines is 2. The minimum absolute atomic E-state index is 0.0419. The molecule has 1 N–H and O–H groups in total. The quantitative estimate of drug-likeness (QED) is 0.591. The van der Waals surface area contributed by atoms with Gasteiger partial charge in [-0.15, -0.1) is 0 Å². The van der Waals surface area contributed by atoms with Crippen LogP contribution in [0, 0.1) is 3.57 Å². The Hall–Kier alpha value is -2.01. The van der Waals surface area contributed by atoms with Gasteiger partial charge in [-0.25, -0.2) is 0 Å². The first-order valence-electron chi connectivity index (χ1n) is 8.62. The fraction of sp³-hybridized carbons (Fsp3) is 0.263. The van der Waals surface area contributed by atoms with E-state index in [2.05, 4.69) is 27.9 Å². The van der Waals surface area contributed by atoms with Gasteiger partial charge in [0.2, 0.25) is 0 Å². The summed E-state index contributed by atoms with van der Waals surface area (Å²) in [6.07, 6.45) is -4.86. The average Bonchev–Trinajstić information content (AvgIpc) is 2.67. The topological polar surface area (TPSA) is 52.7 Å². The molecule has 154 valence electrons. The maximum Gasteiger partial charge on any atom is 0.471 e. The van der Waals surface area contributed by atoms with Gasteiger partial charge in [0.05, 0.1) is 10.7 Å². The zero-order valence-corrected chi connectivity index (χ0v) is 17.9. The number of piperazine rings is 1. The van der Waals surface area contributed by atoms with Crippen LogP contribution in [0.1, 0.15) is 10.4 Å². The second-order valence-corrected chi connectivity index (χ2v) is 8.06. The van der Waals surface area contributed by atoms with Gasteiger partial charge in [0, 0.05) is 41.0 Å². The van der Waals surface area contributed by atoms with Crippen molar-refractivity contribution in [1.82, 2.24) is 4.90 Å². The van der Waals surface area contributed by atoms with Gasteiger partial charge < -0.3 is 15.1 Å². The lowest BCUT2D eigenvalue weighted by Crippen LogP contribution is -2.52.